The van der Waals surface area contributed by atoms with Gasteiger partial charge in [-0.15, -0.1) is 0 Å². The molecular formula is C20H22O3Se. The normalized spacial score (nSPS) is 15.1. The van der Waals surface area contributed by atoms with Crippen LogP contribution in [0.25, 0.3) is 6.08 Å². The molecule has 24 heavy (non-hydrogen) atoms. The van der Waals surface area contributed by atoms with E-state index in [1.807, 2.05) is 25.1 Å². The third-order valence-electron chi connectivity index (χ3n) is 3.81. The van der Waals surface area contributed by atoms with Crippen molar-refractivity contribution in [1.82, 2.24) is 0 Å². The van der Waals surface area contributed by atoms with Gasteiger partial charge in [0.1, 0.15) is 0 Å². The molecule has 0 unspecified atom stereocenters. The summed E-state index contributed by atoms with van der Waals surface area (Å²) in [4.78, 5) is 0. The molecular weight excluding hydrogens is 367 g/mol. The number of fused-ring (bicyclic) bond motifs is 1. The van der Waals surface area contributed by atoms with Gasteiger partial charge in [0.15, 0.2) is 0 Å². The first-order chi connectivity index (χ1) is 11.5. The van der Waals surface area contributed by atoms with Gasteiger partial charge in [0.2, 0.25) is 0 Å². The van der Waals surface area contributed by atoms with E-state index in [1.54, 1.807) is 7.11 Å². The second kappa shape index (κ2) is 6.92. The average molecular weight is 389 g/mol. The van der Waals surface area contributed by atoms with Crippen LogP contribution in [0.4, 0.5) is 0 Å². The molecule has 3 rings (SSSR count). The molecule has 0 saturated heterocycles. The molecule has 1 aliphatic heterocycles. The van der Waals surface area contributed by atoms with Crippen LogP contribution in [0.15, 0.2) is 46.9 Å². The Hall–Kier alpha value is -1.90. The number of hydrogen-bond acceptors (Lipinski definition) is 3. The van der Waals surface area contributed by atoms with E-state index in [-0.39, 0.29) is 20.6 Å². The van der Waals surface area contributed by atoms with Crippen molar-refractivity contribution in [3.8, 4) is 17.2 Å². The molecule has 2 aromatic rings. The molecule has 0 saturated carbocycles. The van der Waals surface area contributed by atoms with Crippen molar-refractivity contribution < 1.29 is 14.2 Å². The summed E-state index contributed by atoms with van der Waals surface area (Å²) >= 11 is 0.217. The molecule has 0 spiro atoms. The van der Waals surface area contributed by atoms with Crippen molar-refractivity contribution in [2.75, 3.05) is 13.7 Å². The summed E-state index contributed by atoms with van der Waals surface area (Å²) in [6.07, 6.45) is 2.24. The van der Waals surface area contributed by atoms with Crippen molar-refractivity contribution in [3.05, 3.63) is 52.5 Å². The van der Waals surface area contributed by atoms with Gasteiger partial charge >= 0.3 is 150 Å². The molecule has 0 atom stereocenters. The van der Waals surface area contributed by atoms with Gasteiger partial charge in [-0.25, -0.2) is 0 Å². The minimum atomic E-state index is -0.332. The molecule has 0 aromatic heterocycles. The molecule has 1 aliphatic rings. The Morgan fingerprint density at radius 2 is 1.83 bits per heavy atom. The van der Waals surface area contributed by atoms with Gasteiger partial charge in [-0.3, -0.25) is 0 Å². The number of rotatable bonds is 5. The third kappa shape index (κ3) is 3.45. The van der Waals surface area contributed by atoms with E-state index in [9.17, 15) is 0 Å². The van der Waals surface area contributed by atoms with E-state index in [0.29, 0.717) is 6.61 Å². The summed E-state index contributed by atoms with van der Waals surface area (Å²) in [6.45, 7) is 6.80. The monoisotopic (exact) mass is 390 g/mol. The Labute approximate surface area is 149 Å². The number of hydrogen-bond donors (Lipinski definition) is 0. The van der Waals surface area contributed by atoms with Crippen LogP contribution in [0.2, 0.25) is 0 Å². The Bertz CT molecular complexity index is 751. The van der Waals surface area contributed by atoms with Crippen LogP contribution in [0.5, 0.6) is 17.2 Å². The molecule has 126 valence electrons. The Morgan fingerprint density at radius 1 is 1.08 bits per heavy atom. The van der Waals surface area contributed by atoms with Gasteiger partial charge in [-0.05, 0) is 0 Å². The van der Waals surface area contributed by atoms with E-state index in [2.05, 4.69) is 44.2 Å². The maximum absolute atomic E-state index is 6.30. The molecule has 3 nitrogen and oxygen atoms in total. The molecule has 1 heterocycles. The van der Waals surface area contributed by atoms with Gasteiger partial charge < -0.3 is 0 Å². The summed E-state index contributed by atoms with van der Waals surface area (Å²) < 4.78 is 20.1. The van der Waals surface area contributed by atoms with Crippen LogP contribution >= 0.6 is 0 Å². The molecule has 0 aliphatic carbocycles. The molecule has 4 heteroatoms. The van der Waals surface area contributed by atoms with Crippen LogP contribution in [0.1, 0.15) is 26.3 Å². The number of methoxy groups -OCH3 is 1. The van der Waals surface area contributed by atoms with E-state index in [0.717, 1.165) is 22.8 Å². The van der Waals surface area contributed by atoms with Gasteiger partial charge in [-0.2, -0.15) is 0 Å². The Balaban J connectivity index is 2.00. The molecule has 0 bridgehead atoms. The molecule has 0 amide bonds. The molecule has 0 radical (unpaired) electrons. The summed E-state index contributed by atoms with van der Waals surface area (Å²) in [5, 5.41) is 0. The van der Waals surface area contributed by atoms with Gasteiger partial charge in [0.25, 0.3) is 0 Å². The molecule has 0 fully saturated rings. The summed E-state index contributed by atoms with van der Waals surface area (Å²) in [7, 11) is 1.66. The zero-order valence-corrected chi connectivity index (χ0v) is 16.2. The second-order valence-electron chi connectivity index (χ2n) is 6.01. The van der Waals surface area contributed by atoms with E-state index < -0.39 is 0 Å². The van der Waals surface area contributed by atoms with E-state index in [1.165, 1.54) is 8.93 Å². The first-order valence-electron chi connectivity index (χ1n) is 8.02. The van der Waals surface area contributed by atoms with Crippen molar-refractivity contribution in [2.45, 2.75) is 26.4 Å². The maximum atomic E-state index is 6.30. The first-order valence-corrected chi connectivity index (χ1v) is 9.73. The van der Waals surface area contributed by atoms with Crippen LogP contribution in [0.3, 0.4) is 0 Å². The Morgan fingerprint density at radius 3 is 2.50 bits per heavy atom. The number of benzene rings is 2. The quantitative estimate of drug-likeness (QED) is 0.731. The Kier molecular flexibility index (Phi) is 4.88. The molecule has 0 N–H and O–H groups in total. The standard InChI is InChI=1S/C20H22O3Se/c1-5-22-18-13-16-14(11-17(18)21-4)12-19(20(2,3)23-16)24-15-9-7-6-8-10-15/h6-13H,5H2,1-4H3. The summed E-state index contributed by atoms with van der Waals surface area (Å²) in [6, 6.07) is 14.5. The van der Waals surface area contributed by atoms with Gasteiger partial charge in [-0.1, -0.05) is 0 Å². The van der Waals surface area contributed by atoms with Crippen molar-refractivity contribution in [2.24, 2.45) is 0 Å². The van der Waals surface area contributed by atoms with Crippen LogP contribution < -0.4 is 18.7 Å². The average Bonchev–Trinajstić information content (AvgIpc) is 2.56. The van der Waals surface area contributed by atoms with E-state index in [4.69, 9.17) is 14.2 Å². The number of ether oxygens (including phenoxy) is 3. The topological polar surface area (TPSA) is 27.7 Å². The van der Waals surface area contributed by atoms with Crippen molar-refractivity contribution >= 4 is 25.5 Å². The minimum absolute atomic E-state index is 0.217. The first kappa shape index (κ1) is 16.9. The third-order valence-corrected chi connectivity index (χ3v) is 6.62. The van der Waals surface area contributed by atoms with Crippen molar-refractivity contribution in [3.63, 3.8) is 0 Å². The predicted octanol–water partition coefficient (Wildman–Crippen LogP) is 3.64. The van der Waals surface area contributed by atoms with Crippen molar-refractivity contribution in [1.29, 1.82) is 0 Å². The fourth-order valence-electron chi connectivity index (χ4n) is 2.59. The zero-order valence-electron chi connectivity index (χ0n) is 14.5. The summed E-state index contributed by atoms with van der Waals surface area (Å²) in [5.74, 6) is 2.30. The second-order valence-corrected chi connectivity index (χ2v) is 8.35. The molecule has 2 aromatic carbocycles. The zero-order chi connectivity index (χ0) is 17.2. The fourth-order valence-corrected chi connectivity index (χ4v) is 4.74. The van der Waals surface area contributed by atoms with E-state index >= 15 is 0 Å². The summed E-state index contributed by atoms with van der Waals surface area (Å²) in [5.41, 5.74) is 0.711. The van der Waals surface area contributed by atoms with Gasteiger partial charge in [0, 0.05) is 0 Å². The van der Waals surface area contributed by atoms with Crippen LogP contribution in [-0.4, -0.2) is 34.3 Å². The van der Waals surface area contributed by atoms with Crippen LogP contribution in [0, 0.1) is 0 Å². The fraction of sp³-hybridized carbons (Fsp3) is 0.300. The predicted molar refractivity (Wildman–Crippen MR) is 98.7 cm³/mol. The van der Waals surface area contributed by atoms with Gasteiger partial charge in [0.05, 0.1) is 0 Å². The van der Waals surface area contributed by atoms with Crippen LogP contribution in [-0.2, 0) is 0 Å². The SMILES string of the molecule is CCOc1cc2c(cc1OC)C=C([Se]c1ccccc1)C(C)(C)O2.